The molecular formula is C20H18N2O. The minimum Gasteiger partial charge on any atom is -0.366 e. The van der Waals surface area contributed by atoms with Crippen LogP contribution in [0.4, 0.5) is 5.69 Å². The van der Waals surface area contributed by atoms with Crippen molar-refractivity contribution in [3.63, 3.8) is 0 Å². The van der Waals surface area contributed by atoms with E-state index in [4.69, 9.17) is 5.73 Å². The molecule has 1 aliphatic rings. The van der Waals surface area contributed by atoms with Gasteiger partial charge < -0.3 is 10.6 Å². The van der Waals surface area contributed by atoms with Gasteiger partial charge in [-0.3, -0.25) is 4.79 Å². The number of allylic oxidation sites excluding steroid dienone is 1. The average molecular weight is 302 g/mol. The zero-order valence-corrected chi connectivity index (χ0v) is 12.8. The normalized spacial score (nSPS) is 14.5. The number of carbonyl (C=O) groups excluding carboxylic acids is 1. The summed E-state index contributed by atoms with van der Waals surface area (Å²) >= 11 is 0. The Bertz CT molecular complexity index is 943. The molecule has 114 valence electrons. The first kappa shape index (κ1) is 13.8. The molecule has 0 unspecified atom stereocenters. The predicted molar refractivity (Wildman–Crippen MR) is 95.7 cm³/mol. The molecule has 0 atom stereocenters. The van der Waals surface area contributed by atoms with E-state index in [0.717, 1.165) is 35.8 Å². The minimum absolute atomic E-state index is 0.381. The first-order valence-corrected chi connectivity index (χ1v) is 7.93. The van der Waals surface area contributed by atoms with Crippen LogP contribution < -0.4 is 10.6 Å². The van der Waals surface area contributed by atoms with Gasteiger partial charge in [-0.15, -0.1) is 0 Å². The fourth-order valence-electron chi connectivity index (χ4n) is 3.35. The molecule has 0 saturated carbocycles. The molecule has 2 N–H and O–H groups in total. The Hall–Kier alpha value is -2.81. The molecule has 23 heavy (non-hydrogen) atoms. The molecular weight excluding hydrogens is 284 g/mol. The number of anilines is 1. The Kier molecular flexibility index (Phi) is 3.27. The molecule has 0 spiro atoms. The second kappa shape index (κ2) is 5.43. The number of primary amides is 1. The molecule has 4 rings (SSSR count). The van der Waals surface area contributed by atoms with Gasteiger partial charge in [-0.2, -0.15) is 0 Å². The summed E-state index contributed by atoms with van der Waals surface area (Å²) in [5.74, 6) is -0.381. The van der Waals surface area contributed by atoms with E-state index in [1.807, 2.05) is 24.3 Å². The summed E-state index contributed by atoms with van der Waals surface area (Å²) in [4.78, 5) is 14.1. The Labute approximate surface area is 135 Å². The molecule has 3 aromatic rings. The van der Waals surface area contributed by atoms with E-state index >= 15 is 0 Å². The van der Waals surface area contributed by atoms with Gasteiger partial charge >= 0.3 is 0 Å². The highest BCUT2D eigenvalue weighted by molar-refractivity contribution is 6.11. The summed E-state index contributed by atoms with van der Waals surface area (Å²) < 4.78 is 0. The van der Waals surface area contributed by atoms with E-state index in [-0.39, 0.29) is 5.91 Å². The van der Waals surface area contributed by atoms with Crippen LogP contribution in [0.1, 0.15) is 23.2 Å². The van der Waals surface area contributed by atoms with E-state index in [0.29, 0.717) is 5.56 Å². The fourth-order valence-corrected chi connectivity index (χ4v) is 3.35. The zero-order valence-electron chi connectivity index (χ0n) is 12.8. The van der Waals surface area contributed by atoms with Gasteiger partial charge in [-0.1, -0.05) is 36.4 Å². The average Bonchev–Trinajstić information content (AvgIpc) is 2.59. The third kappa shape index (κ3) is 2.34. The van der Waals surface area contributed by atoms with Crippen molar-refractivity contribution in [1.29, 1.82) is 0 Å². The molecule has 0 radical (unpaired) electrons. The number of amides is 1. The number of benzene rings is 3. The van der Waals surface area contributed by atoms with E-state index in [2.05, 4.69) is 41.4 Å². The second-order valence-electron chi connectivity index (χ2n) is 5.97. The maximum Gasteiger partial charge on any atom is 0.250 e. The molecule has 0 aromatic heterocycles. The third-order valence-electron chi connectivity index (χ3n) is 4.47. The molecule has 3 nitrogen and oxygen atoms in total. The van der Waals surface area contributed by atoms with Crippen LogP contribution in [0.5, 0.6) is 0 Å². The highest BCUT2D eigenvalue weighted by Gasteiger charge is 2.18. The van der Waals surface area contributed by atoms with Gasteiger partial charge in [0, 0.05) is 18.1 Å². The Balaban J connectivity index is 2.07. The summed E-state index contributed by atoms with van der Waals surface area (Å²) in [5, 5.41) is 4.57. The van der Waals surface area contributed by atoms with Crippen LogP contribution >= 0.6 is 0 Å². The monoisotopic (exact) mass is 302 g/mol. The van der Waals surface area contributed by atoms with Crippen LogP contribution in [0.3, 0.4) is 0 Å². The van der Waals surface area contributed by atoms with Crippen molar-refractivity contribution in [3.05, 3.63) is 66.4 Å². The van der Waals surface area contributed by atoms with Crippen molar-refractivity contribution in [2.24, 2.45) is 5.73 Å². The summed E-state index contributed by atoms with van der Waals surface area (Å²) in [6.07, 6.45) is 6.38. The highest BCUT2D eigenvalue weighted by Crippen LogP contribution is 2.35. The van der Waals surface area contributed by atoms with Gasteiger partial charge in [0.1, 0.15) is 0 Å². The highest BCUT2D eigenvalue weighted by atomic mass is 16.1. The van der Waals surface area contributed by atoms with E-state index in [9.17, 15) is 4.79 Å². The Morgan fingerprint density at radius 3 is 2.48 bits per heavy atom. The van der Waals surface area contributed by atoms with Crippen LogP contribution in [0.15, 0.2) is 60.8 Å². The fraction of sp³-hybridized carbons (Fsp3) is 0.150. The third-order valence-corrected chi connectivity index (χ3v) is 4.47. The zero-order chi connectivity index (χ0) is 15.8. The molecule has 3 heteroatoms. The lowest BCUT2D eigenvalue weighted by Gasteiger charge is -2.27. The van der Waals surface area contributed by atoms with Gasteiger partial charge in [0.25, 0.3) is 5.91 Å². The van der Waals surface area contributed by atoms with Crippen LogP contribution in [-0.4, -0.2) is 12.5 Å². The number of nitrogens with zero attached hydrogens (tertiary/aromatic N) is 1. The number of rotatable bonds is 2. The molecule has 1 aliphatic heterocycles. The summed E-state index contributed by atoms with van der Waals surface area (Å²) in [6.45, 7) is 0.905. The Morgan fingerprint density at radius 1 is 1.00 bits per heavy atom. The van der Waals surface area contributed by atoms with Gasteiger partial charge in [-0.25, -0.2) is 0 Å². The topological polar surface area (TPSA) is 46.3 Å². The van der Waals surface area contributed by atoms with Crippen LogP contribution in [0.2, 0.25) is 0 Å². The van der Waals surface area contributed by atoms with Crippen molar-refractivity contribution >= 4 is 33.1 Å². The maximum absolute atomic E-state index is 11.9. The number of hydrogen-bond acceptors (Lipinski definition) is 2. The smallest absolute Gasteiger partial charge is 0.250 e. The molecule has 3 aromatic carbocycles. The molecule has 0 fully saturated rings. The number of hydrogen-bond donors (Lipinski definition) is 1. The number of carbonyl (C=O) groups is 1. The molecule has 0 aliphatic carbocycles. The van der Waals surface area contributed by atoms with Crippen LogP contribution in [0, 0.1) is 0 Å². The maximum atomic E-state index is 11.9. The molecule has 1 amide bonds. The molecule has 0 saturated heterocycles. The van der Waals surface area contributed by atoms with Crippen LogP contribution in [0.25, 0.3) is 21.5 Å². The first-order chi connectivity index (χ1) is 11.2. The minimum atomic E-state index is -0.381. The predicted octanol–water partition coefficient (Wildman–Crippen LogP) is 4.21. The lowest BCUT2D eigenvalue weighted by molar-refractivity contribution is 0.100. The lowest BCUT2D eigenvalue weighted by Crippen LogP contribution is -2.24. The van der Waals surface area contributed by atoms with E-state index < -0.39 is 0 Å². The molecule has 1 heterocycles. The molecule has 0 bridgehead atoms. The van der Waals surface area contributed by atoms with Crippen molar-refractivity contribution in [2.75, 3.05) is 11.4 Å². The van der Waals surface area contributed by atoms with E-state index in [1.54, 1.807) is 0 Å². The lowest BCUT2D eigenvalue weighted by atomic mass is 9.98. The van der Waals surface area contributed by atoms with Crippen molar-refractivity contribution in [3.8, 4) is 0 Å². The van der Waals surface area contributed by atoms with Gasteiger partial charge in [0.2, 0.25) is 0 Å². The SMILES string of the molecule is NC(=O)c1ccc2cc3ccccc3cc2c1N1C=CCCC1. The summed E-state index contributed by atoms with van der Waals surface area (Å²) in [6, 6.07) is 16.4. The summed E-state index contributed by atoms with van der Waals surface area (Å²) in [7, 11) is 0. The van der Waals surface area contributed by atoms with Gasteiger partial charge in [0.05, 0.1) is 11.3 Å². The van der Waals surface area contributed by atoms with Gasteiger partial charge in [-0.05, 0) is 47.2 Å². The van der Waals surface area contributed by atoms with Crippen molar-refractivity contribution < 1.29 is 4.79 Å². The standard InChI is InChI=1S/C20H18N2O/c21-20(23)17-9-8-16-12-14-6-2-3-7-15(14)13-18(16)19(17)22-10-4-1-5-11-22/h2-4,6-10,12-13H,1,5,11H2,(H2,21,23). The quantitative estimate of drug-likeness (QED) is 0.721. The van der Waals surface area contributed by atoms with Crippen LogP contribution in [-0.2, 0) is 0 Å². The first-order valence-electron chi connectivity index (χ1n) is 7.93. The summed E-state index contributed by atoms with van der Waals surface area (Å²) in [5.41, 5.74) is 7.15. The Morgan fingerprint density at radius 2 is 1.78 bits per heavy atom. The second-order valence-corrected chi connectivity index (χ2v) is 5.97. The number of fused-ring (bicyclic) bond motifs is 2. The van der Waals surface area contributed by atoms with Crippen molar-refractivity contribution in [2.45, 2.75) is 12.8 Å². The van der Waals surface area contributed by atoms with E-state index in [1.165, 1.54) is 10.8 Å². The van der Waals surface area contributed by atoms with Crippen molar-refractivity contribution in [1.82, 2.24) is 0 Å². The largest absolute Gasteiger partial charge is 0.366 e. The number of nitrogens with two attached hydrogens (primary N) is 1. The van der Waals surface area contributed by atoms with Gasteiger partial charge in [0.15, 0.2) is 0 Å².